The Kier molecular flexibility index (Phi) is 5.13. The van der Waals surface area contributed by atoms with Gasteiger partial charge in [0.05, 0.1) is 12.0 Å². The first kappa shape index (κ1) is 16.4. The summed E-state index contributed by atoms with van der Waals surface area (Å²) in [5.74, 6) is 1.53. The van der Waals surface area contributed by atoms with Gasteiger partial charge in [0.2, 0.25) is 0 Å². The van der Waals surface area contributed by atoms with Crippen LogP contribution < -0.4 is 4.74 Å². The van der Waals surface area contributed by atoms with E-state index < -0.39 is 0 Å². The number of benzene rings is 1. The topological polar surface area (TPSA) is 50.6 Å². The molecule has 2 rings (SSSR count). The van der Waals surface area contributed by atoms with Crippen molar-refractivity contribution in [3.05, 3.63) is 29.1 Å². The lowest BCUT2D eigenvalue weighted by molar-refractivity contribution is 0.429. The molecular weight excluding hydrogens is 296 g/mol. The minimum Gasteiger partial charge on any atom is -0.430 e. The third-order valence-electron chi connectivity index (χ3n) is 3.39. The third kappa shape index (κ3) is 4.04. The molecule has 118 valence electrons. The molecule has 0 atom stereocenters. The van der Waals surface area contributed by atoms with Crippen LogP contribution in [-0.4, -0.2) is 33.7 Å². The molecule has 0 unspecified atom stereocenters. The van der Waals surface area contributed by atoms with Gasteiger partial charge in [0.15, 0.2) is 0 Å². The molecule has 0 aliphatic carbocycles. The molecule has 0 amide bonds. The van der Waals surface area contributed by atoms with Crippen LogP contribution in [0.1, 0.15) is 30.8 Å². The summed E-state index contributed by atoms with van der Waals surface area (Å²) in [4.78, 5) is 10.9. The molecule has 0 saturated heterocycles. The van der Waals surface area contributed by atoms with Crippen molar-refractivity contribution in [1.82, 2.24) is 14.3 Å². The Balaban J connectivity index is 2.21. The number of aromatic nitrogens is 2. The van der Waals surface area contributed by atoms with Crippen molar-refractivity contribution in [3.8, 4) is 10.9 Å². The monoisotopic (exact) mass is 318 g/mol. The van der Waals surface area contributed by atoms with Crippen molar-refractivity contribution in [2.24, 2.45) is 4.99 Å². The zero-order chi connectivity index (χ0) is 16.3. The van der Waals surface area contributed by atoms with E-state index in [1.807, 2.05) is 46.3 Å². The molecule has 1 heterocycles. The van der Waals surface area contributed by atoms with Crippen LogP contribution in [0.15, 0.2) is 17.1 Å². The Hall–Kier alpha value is -1.95. The summed E-state index contributed by atoms with van der Waals surface area (Å²) in [5, 5.41) is 0.566. The maximum absolute atomic E-state index is 5.81. The maximum atomic E-state index is 5.81. The summed E-state index contributed by atoms with van der Waals surface area (Å²) in [6, 6.07) is 4.45. The second kappa shape index (κ2) is 6.87. The molecule has 0 aliphatic rings. The summed E-state index contributed by atoms with van der Waals surface area (Å²) >= 11 is 1.26. The Labute approximate surface area is 135 Å². The molecule has 6 heteroatoms. The first-order chi connectivity index (χ1) is 10.4. The lowest BCUT2D eigenvalue weighted by Gasteiger charge is -2.17. The van der Waals surface area contributed by atoms with Gasteiger partial charge in [0.25, 0.3) is 5.19 Å². The van der Waals surface area contributed by atoms with Crippen LogP contribution in [-0.2, 0) is 0 Å². The second-order valence-electron chi connectivity index (χ2n) is 5.62. The Morgan fingerprint density at radius 1 is 1.23 bits per heavy atom. The van der Waals surface area contributed by atoms with E-state index in [1.54, 1.807) is 0 Å². The van der Waals surface area contributed by atoms with Gasteiger partial charge in [0.1, 0.15) is 11.6 Å². The highest BCUT2D eigenvalue weighted by Gasteiger charge is 2.09. The molecule has 0 bridgehead atoms. The predicted molar refractivity (Wildman–Crippen MR) is 91.7 cm³/mol. The van der Waals surface area contributed by atoms with E-state index in [2.05, 4.69) is 33.1 Å². The number of rotatable bonds is 5. The van der Waals surface area contributed by atoms with Gasteiger partial charge < -0.3 is 9.64 Å². The van der Waals surface area contributed by atoms with Crippen LogP contribution in [0.5, 0.6) is 10.9 Å². The number of aryl methyl sites for hydroxylation is 3. The average Bonchev–Trinajstić information content (AvgIpc) is 2.85. The molecule has 0 aliphatic heterocycles. The van der Waals surface area contributed by atoms with Crippen molar-refractivity contribution >= 4 is 23.6 Å². The fraction of sp³-hybridized carbons (Fsp3) is 0.438. The third-order valence-corrected chi connectivity index (χ3v) is 4.08. The quantitative estimate of drug-likeness (QED) is 0.610. The van der Waals surface area contributed by atoms with Crippen LogP contribution in [0, 0.1) is 20.8 Å². The van der Waals surface area contributed by atoms with Crippen molar-refractivity contribution in [2.45, 2.75) is 40.7 Å². The lowest BCUT2D eigenvalue weighted by atomic mass is 10.1. The molecule has 1 aromatic heterocycles. The molecule has 0 radical (unpaired) electrons. The van der Waals surface area contributed by atoms with Gasteiger partial charge in [-0.25, -0.2) is 4.99 Å². The summed E-state index contributed by atoms with van der Waals surface area (Å²) in [6.45, 7) is 10.1. The van der Waals surface area contributed by atoms with Crippen LogP contribution >= 0.6 is 11.5 Å². The summed E-state index contributed by atoms with van der Waals surface area (Å²) < 4.78 is 9.94. The molecule has 2 aromatic rings. The van der Waals surface area contributed by atoms with Crippen molar-refractivity contribution in [3.63, 3.8) is 0 Å². The minimum absolute atomic E-state index is 0.424. The van der Waals surface area contributed by atoms with Gasteiger partial charge in [-0.05, 0) is 57.9 Å². The zero-order valence-electron chi connectivity index (χ0n) is 13.9. The van der Waals surface area contributed by atoms with E-state index >= 15 is 0 Å². The van der Waals surface area contributed by atoms with Crippen LogP contribution in [0.3, 0.4) is 0 Å². The fourth-order valence-electron chi connectivity index (χ4n) is 1.72. The molecule has 0 spiro atoms. The second-order valence-corrected chi connectivity index (χ2v) is 6.33. The molecule has 0 fully saturated rings. The van der Waals surface area contributed by atoms with E-state index in [4.69, 9.17) is 4.74 Å². The van der Waals surface area contributed by atoms with Crippen LogP contribution in [0.25, 0.3) is 0 Å². The van der Waals surface area contributed by atoms with Gasteiger partial charge in [-0.2, -0.15) is 9.36 Å². The molecular formula is C16H22N4OS. The fourth-order valence-corrected chi connectivity index (χ4v) is 2.27. The van der Waals surface area contributed by atoms with E-state index in [0.717, 1.165) is 28.4 Å². The van der Waals surface area contributed by atoms with Gasteiger partial charge in [-0.1, -0.05) is 0 Å². The standard InChI is InChI=1S/C16H22N4OS/c1-10(2)20(6)9-17-14-7-12(4)15(8-11(14)3)21-16-18-13(5)19-22-16/h7-10H,1-6H3/b17-9+. The predicted octanol–water partition coefficient (Wildman–Crippen LogP) is 4.26. The molecule has 5 nitrogen and oxygen atoms in total. The highest BCUT2D eigenvalue weighted by atomic mass is 32.1. The first-order valence-corrected chi connectivity index (χ1v) is 7.99. The van der Waals surface area contributed by atoms with E-state index in [-0.39, 0.29) is 0 Å². The summed E-state index contributed by atoms with van der Waals surface area (Å²) in [6.07, 6.45) is 1.86. The summed E-state index contributed by atoms with van der Waals surface area (Å²) in [7, 11) is 2.02. The first-order valence-electron chi connectivity index (χ1n) is 7.22. The van der Waals surface area contributed by atoms with Crippen LogP contribution in [0.2, 0.25) is 0 Å². The molecule has 0 N–H and O–H groups in total. The molecule has 1 aromatic carbocycles. The smallest absolute Gasteiger partial charge is 0.298 e. The highest BCUT2D eigenvalue weighted by molar-refractivity contribution is 7.07. The Morgan fingerprint density at radius 2 is 1.95 bits per heavy atom. The van der Waals surface area contributed by atoms with E-state index in [1.165, 1.54) is 11.5 Å². The number of ether oxygens (including phenoxy) is 1. The zero-order valence-corrected chi connectivity index (χ0v) is 14.7. The van der Waals surface area contributed by atoms with Crippen LogP contribution in [0.4, 0.5) is 5.69 Å². The number of nitrogens with zero attached hydrogens (tertiary/aromatic N) is 4. The van der Waals surface area contributed by atoms with E-state index in [9.17, 15) is 0 Å². The number of aliphatic imine (C=N–C) groups is 1. The summed E-state index contributed by atoms with van der Waals surface area (Å²) in [5.41, 5.74) is 3.04. The Bertz CT molecular complexity index is 679. The normalized spacial score (nSPS) is 11.4. The van der Waals surface area contributed by atoms with Crippen molar-refractivity contribution in [2.75, 3.05) is 7.05 Å². The van der Waals surface area contributed by atoms with Gasteiger partial charge in [-0.3, -0.25) is 0 Å². The Morgan fingerprint density at radius 3 is 2.55 bits per heavy atom. The highest BCUT2D eigenvalue weighted by Crippen LogP contribution is 2.31. The SMILES string of the molecule is Cc1nsc(Oc2cc(C)c(/N=C/N(C)C(C)C)cc2C)n1. The number of hydrogen-bond donors (Lipinski definition) is 0. The molecule has 22 heavy (non-hydrogen) atoms. The average molecular weight is 318 g/mol. The van der Waals surface area contributed by atoms with Crippen molar-refractivity contribution in [1.29, 1.82) is 0 Å². The van der Waals surface area contributed by atoms with Gasteiger partial charge in [-0.15, -0.1) is 0 Å². The minimum atomic E-state index is 0.424. The molecule has 0 saturated carbocycles. The number of hydrogen-bond acceptors (Lipinski definition) is 5. The van der Waals surface area contributed by atoms with Gasteiger partial charge in [0, 0.05) is 24.6 Å². The maximum Gasteiger partial charge on any atom is 0.298 e. The van der Waals surface area contributed by atoms with E-state index in [0.29, 0.717) is 11.2 Å². The van der Waals surface area contributed by atoms with Gasteiger partial charge >= 0.3 is 0 Å². The lowest BCUT2D eigenvalue weighted by Crippen LogP contribution is -2.24. The largest absolute Gasteiger partial charge is 0.430 e. The van der Waals surface area contributed by atoms with Crippen molar-refractivity contribution < 1.29 is 4.74 Å².